The quantitative estimate of drug-likeness (QED) is 0.562. The van der Waals surface area contributed by atoms with Crippen molar-refractivity contribution in [2.24, 2.45) is 5.92 Å². The highest BCUT2D eigenvalue weighted by Crippen LogP contribution is 2.31. The lowest BCUT2D eigenvalue weighted by Crippen LogP contribution is -2.46. The van der Waals surface area contributed by atoms with Crippen molar-refractivity contribution in [1.29, 1.82) is 0 Å². The second-order valence-corrected chi connectivity index (χ2v) is 7.29. The number of anilines is 1. The summed E-state index contributed by atoms with van der Waals surface area (Å²) in [6, 6.07) is 4.80. The van der Waals surface area contributed by atoms with E-state index in [4.69, 9.17) is 16.1 Å². The Bertz CT molecular complexity index is 772. The minimum Gasteiger partial charge on any atom is -0.363 e. The van der Waals surface area contributed by atoms with Crippen molar-refractivity contribution in [2.45, 2.75) is 26.8 Å². The van der Waals surface area contributed by atoms with Crippen LogP contribution in [0.15, 0.2) is 22.7 Å². The molecule has 1 aromatic heterocycles. The molecule has 8 nitrogen and oxygen atoms in total. The highest BCUT2D eigenvalue weighted by Gasteiger charge is 2.25. The molecule has 0 N–H and O–H groups in total. The Morgan fingerprint density at radius 3 is 2.69 bits per heavy atom. The van der Waals surface area contributed by atoms with Crippen LogP contribution in [0.2, 0.25) is 5.02 Å². The number of hydrogen-bond acceptors (Lipinski definition) is 7. The number of nitro groups is 1. The molecule has 0 spiro atoms. The van der Waals surface area contributed by atoms with Gasteiger partial charge < -0.3 is 9.42 Å². The first-order chi connectivity index (χ1) is 12.4. The molecule has 3 rings (SSSR count). The summed E-state index contributed by atoms with van der Waals surface area (Å²) >= 11 is 5.89. The number of hydrogen-bond donors (Lipinski definition) is 0. The minimum atomic E-state index is -0.387. The number of nitrogens with zero attached hydrogens (tertiary/aromatic N) is 5. The Kier molecular flexibility index (Phi) is 5.73. The normalized spacial score (nSPS) is 15.6. The van der Waals surface area contributed by atoms with E-state index in [0.717, 1.165) is 25.3 Å². The molecule has 9 heteroatoms. The zero-order chi connectivity index (χ0) is 18.7. The van der Waals surface area contributed by atoms with Crippen LogP contribution in [0.25, 0.3) is 0 Å². The molecule has 2 heterocycles. The van der Waals surface area contributed by atoms with Gasteiger partial charge in [0.25, 0.3) is 5.69 Å². The van der Waals surface area contributed by atoms with Crippen molar-refractivity contribution in [3.05, 3.63) is 45.1 Å². The van der Waals surface area contributed by atoms with Gasteiger partial charge in [-0.3, -0.25) is 15.0 Å². The fraction of sp³-hybridized carbons (Fsp3) is 0.529. The van der Waals surface area contributed by atoms with E-state index < -0.39 is 0 Å². The molecule has 0 radical (unpaired) electrons. The maximum atomic E-state index is 11.3. The molecule has 0 aliphatic carbocycles. The van der Waals surface area contributed by atoms with E-state index in [1.165, 1.54) is 6.07 Å². The van der Waals surface area contributed by atoms with Gasteiger partial charge in [-0.15, -0.1) is 0 Å². The Hall–Kier alpha value is -2.19. The topological polar surface area (TPSA) is 88.5 Å². The highest BCUT2D eigenvalue weighted by atomic mass is 35.5. The molecule has 26 heavy (non-hydrogen) atoms. The summed E-state index contributed by atoms with van der Waals surface area (Å²) in [7, 11) is 0. The van der Waals surface area contributed by atoms with Crippen LogP contribution in [0.1, 0.15) is 25.6 Å². The molecular weight excluding hydrogens is 358 g/mol. The highest BCUT2D eigenvalue weighted by molar-refractivity contribution is 6.30. The number of aromatic nitrogens is 2. The molecule has 0 saturated carbocycles. The number of rotatable bonds is 6. The Labute approximate surface area is 156 Å². The van der Waals surface area contributed by atoms with Gasteiger partial charge in [0, 0.05) is 43.7 Å². The van der Waals surface area contributed by atoms with Crippen molar-refractivity contribution >= 4 is 23.0 Å². The lowest BCUT2D eigenvalue weighted by atomic mass is 10.1. The molecule has 1 saturated heterocycles. The fourth-order valence-electron chi connectivity index (χ4n) is 3.05. The smallest absolute Gasteiger partial charge is 0.294 e. The van der Waals surface area contributed by atoms with Crippen LogP contribution in [0.4, 0.5) is 11.4 Å². The van der Waals surface area contributed by atoms with Crippen LogP contribution in [0, 0.1) is 16.0 Å². The van der Waals surface area contributed by atoms with E-state index in [1.807, 2.05) is 4.90 Å². The van der Waals surface area contributed by atoms with E-state index >= 15 is 0 Å². The van der Waals surface area contributed by atoms with Gasteiger partial charge in [0.1, 0.15) is 5.69 Å². The molecule has 1 aromatic carbocycles. The first kappa shape index (κ1) is 18.6. The van der Waals surface area contributed by atoms with Crippen molar-refractivity contribution in [3.8, 4) is 0 Å². The molecule has 1 fully saturated rings. The Morgan fingerprint density at radius 1 is 1.31 bits per heavy atom. The standard InChI is InChI=1S/C17H22ClN5O3/c1-12(2)9-16-19-17(26-20-16)11-21-5-7-22(8-6-21)14-4-3-13(18)10-15(14)23(24)25/h3-4,10,12H,5-9,11H2,1-2H3. The van der Waals surface area contributed by atoms with Gasteiger partial charge in [0.2, 0.25) is 5.89 Å². The van der Waals surface area contributed by atoms with Crippen molar-refractivity contribution in [3.63, 3.8) is 0 Å². The number of nitro benzene ring substituents is 1. The first-order valence-electron chi connectivity index (χ1n) is 8.65. The lowest BCUT2D eigenvalue weighted by molar-refractivity contribution is -0.384. The van der Waals surface area contributed by atoms with Gasteiger partial charge in [-0.1, -0.05) is 30.6 Å². The molecule has 140 valence electrons. The van der Waals surface area contributed by atoms with Gasteiger partial charge in [0.05, 0.1) is 11.5 Å². The summed E-state index contributed by atoms with van der Waals surface area (Å²) in [6.45, 7) is 7.74. The average Bonchev–Trinajstić information content (AvgIpc) is 3.01. The van der Waals surface area contributed by atoms with Crippen LogP contribution in [0.5, 0.6) is 0 Å². The van der Waals surface area contributed by atoms with Gasteiger partial charge in [-0.2, -0.15) is 4.98 Å². The summed E-state index contributed by atoms with van der Waals surface area (Å²) in [5.74, 6) is 1.84. The second kappa shape index (κ2) is 8.01. The zero-order valence-corrected chi connectivity index (χ0v) is 15.6. The number of halogens is 1. The predicted octanol–water partition coefficient (Wildman–Crippen LogP) is 3.15. The monoisotopic (exact) mass is 379 g/mol. The van der Waals surface area contributed by atoms with Crippen LogP contribution in [0.3, 0.4) is 0 Å². The molecule has 1 aliphatic heterocycles. The van der Waals surface area contributed by atoms with Crippen LogP contribution in [-0.2, 0) is 13.0 Å². The Morgan fingerprint density at radius 2 is 2.04 bits per heavy atom. The van der Waals surface area contributed by atoms with E-state index in [2.05, 4.69) is 28.9 Å². The summed E-state index contributed by atoms with van der Waals surface area (Å²) in [5.41, 5.74) is 0.650. The number of benzene rings is 1. The molecule has 2 aromatic rings. The van der Waals surface area contributed by atoms with Crippen LogP contribution >= 0.6 is 11.6 Å². The summed E-state index contributed by atoms with van der Waals surface area (Å²) in [4.78, 5) is 19.6. The van der Waals surface area contributed by atoms with E-state index in [9.17, 15) is 10.1 Å². The van der Waals surface area contributed by atoms with Gasteiger partial charge in [0.15, 0.2) is 5.82 Å². The zero-order valence-electron chi connectivity index (χ0n) is 14.9. The molecular formula is C17H22ClN5O3. The summed E-state index contributed by atoms with van der Waals surface area (Å²) < 4.78 is 5.32. The van der Waals surface area contributed by atoms with E-state index in [1.54, 1.807) is 12.1 Å². The Balaban J connectivity index is 1.59. The largest absolute Gasteiger partial charge is 0.363 e. The van der Waals surface area contributed by atoms with Crippen molar-refractivity contribution < 1.29 is 9.45 Å². The molecule has 0 amide bonds. The van der Waals surface area contributed by atoms with E-state index in [-0.39, 0.29) is 10.6 Å². The molecule has 0 bridgehead atoms. The van der Waals surface area contributed by atoms with Crippen LogP contribution < -0.4 is 4.90 Å². The summed E-state index contributed by atoms with van der Waals surface area (Å²) in [5, 5.41) is 15.7. The van der Waals surface area contributed by atoms with Crippen molar-refractivity contribution in [1.82, 2.24) is 15.0 Å². The summed E-state index contributed by atoms with van der Waals surface area (Å²) in [6.07, 6.45) is 0.803. The lowest BCUT2D eigenvalue weighted by Gasteiger charge is -2.35. The average molecular weight is 380 g/mol. The van der Waals surface area contributed by atoms with Gasteiger partial charge >= 0.3 is 0 Å². The van der Waals surface area contributed by atoms with Crippen LogP contribution in [-0.4, -0.2) is 46.1 Å². The van der Waals surface area contributed by atoms with Crippen molar-refractivity contribution in [2.75, 3.05) is 31.1 Å². The third kappa shape index (κ3) is 4.50. The van der Waals surface area contributed by atoms with E-state index in [0.29, 0.717) is 42.2 Å². The SMILES string of the molecule is CC(C)Cc1noc(CN2CCN(c3ccc(Cl)cc3[N+](=O)[O-])CC2)n1. The predicted molar refractivity (Wildman–Crippen MR) is 98.4 cm³/mol. The third-order valence-electron chi connectivity index (χ3n) is 4.31. The number of piperazine rings is 1. The second-order valence-electron chi connectivity index (χ2n) is 6.86. The molecule has 0 unspecified atom stereocenters. The maximum absolute atomic E-state index is 11.3. The first-order valence-corrected chi connectivity index (χ1v) is 9.03. The molecule has 0 atom stereocenters. The van der Waals surface area contributed by atoms with Gasteiger partial charge in [-0.05, 0) is 18.1 Å². The maximum Gasteiger partial charge on any atom is 0.294 e. The minimum absolute atomic E-state index is 0.0428. The molecule has 1 aliphatic rings. The van der Waals surface area contributed by atoms with Gasteiger partial charge in [-0.25, -0.2) is 0 Å². The third-order valence-corrected chi connectivity index (χ3v) is 4.54. The fourth-order valence-corrected chi connectivity index (χ4v) is 3.22.